The van der Waals surface area contributed by atoms with Crippen molar-refractivity contribution < 1.29 is 37.8 Å². The number of ether oxygens (including phenoxy) is 1. The predicted octanol–water partition coefficient (Wildman–Crippen LogP) is -1.02. The minimum Gasteiger partial charge on any atom is -0.744 e. The fourth-order valence-electron chi connectivity index (χ4n) is 3.67. The van der Waals surface area contributed by atoms with Crippen LogP contribution in [0, 0.1) is 6.92 Å². The Balaban J connectivity index is 0.000000304. The molecular weight excluding hydrogens is 540 g/mol. The molecular formula is C22H30N6O8S2. The summed E-state index contributed by atoms with van der Waals surface area (Å²) >= 11 is 0. The third kappa shape index (κ3) is 7.16. The van der Waals surface area contributed by atoms with Gasteiger partial charge in [-0.25, -0.2) is 23.4 Å². The molecule has 1 saturated heterocycles. The van der Waals surface area contributed by atoms with Gasteiger partial charge in [0, 0.05) is 6.42 Å². The zero-order chi connectivity index (χ0) is 28.2. The van der Waals surface area contributed by atoms with Gasteiger partial charge in [-0.3, -0.25) is 9.36 Å². The van der Waals surface area contributed by atoms with Gasteiger partial charge in [0.25, 0.3) is 0 Å². The van der Waals surface area contributed by atoms with Crippen LogP contribution < -0.4 is 11.5 Å². The van der Waals surface area contributed by atoms with E-state index in [1.807, 2.05) is 13.2 Å². The molecule has 3 aromatic rings. The van der Waals surface area contributed by atoms with Gasteiger partial charge >= 0.3 is 5.97 Å². The lowest BCUT2D eigenvalue weighted by Crippen LogP contribution is -2.37. The number of aliphatic hydroxyl groups is 2. The molecule has 0 saturated carbocycles. The van der Waals surface area contributed by atoms with Crippen molar-refractivity contribution in [3.63, 3.8) is 0 Å². The largest absolute Gasteiger partial charge is 0.744 e. The Labute approximate surface area is 221 Å². The normalized spacial score (nSPS) is 23.0. The summed E-state index contributed by atoms with van der Waals surface area (Å²) in [7, 11) is -4.50. The number of anilines is 1. The maximum Gasteiger partial charge on any atom is 0.320 e. The summed E-state index contributed by atoms with van der Waals surface area (Å²) < 4.78 is 38.6. The van der Waals surface area contributed by atoms with Crippen molar-refractivity contribution in [2.45, 2.75) is 48.8 Å². The van der Waals surface area contributed by atoms with Gasteiger partial charge in [0.2, 0.25) is 0 Å². The van der Waals surface area contributed by atoms with Gasteiger partial charge in [0.1, 0.15) is 57.8 Å². The summed E-state index contributed by atoms with van der Waals surface area (Å²) in [5.74, 6) is 0.254. The van der Waals surface area contributed by atoms with Crippen LogP contribution in [0.5, 0.6) is 0 Å². The summed E-state index contributed by atoms with van der Waals surface area (Å²) in [4.78, 5) is 22.8. The third-order valence-electron chi connectivity index (χ3n) is 5.85. The molecule has 38 heavy (non-hydrogen) atoms. The molecule has 0 bridgehead atoms. The first kappa shape index (κ1) is 29.7. The Morgan fingerprint density at radius 2 is 1.87 bits per heavy atom. The summed E-state index contributed by atoms with van der Waals surface area (Å²) in [6.45, 7) is 1.82. The third-order valence-corrected chi connectivity index (χ3v) is 8.53. The number of carbonyl (C=O) groups is 1. The van der Waals surface area contributed by atoms with E-state index in [9.17, 15) is 28.0 Å². The van der Waals surface area contributed by atoms with Crippen LogP contribution in [0.15, 0.2) is 41.8 Å². The number of nitrogens with zero attached hydrogens (tertiary/aromatic N) is 4. The Morgan fingerprint density at radius 1 is 1.21 bits per heavy atom. The van der Waals surface area contributed by atoms with Gasteiger partial charge < -0.3 is 36.1 Å². The average molecular weight is 571 g/mol. The van der Waals surface area contributed by atoms with Gasteiger partial charge in [-0.05, 0) is 30.0 Å². The van der Waals surface area contributed by atoms with E-state index < -0.39 is 46.7 Å². The molecule has 0 aliphatic carbocycles. The smallest absolute Gasteiger partial charge is 0.320 e. The summed E-state index contributed by atoms with van der Waals surface area (Å²) in [5, 5.41) is 29.7. The number of fused-ring (bicyclic) bond motifs is 1. The molecule has 1 aliphatic rings. The lowest BCUT2D eigenvalue weighted by Gasteiger charge is -2.16. The standard InChI is InChI=1S/C15H22N6O5S.C7H8O3S/c1-27(3-2-7(16)15(24)25)4-8-10(22)11(23)14(26-8)21-6-20-9-12(17)18-5-19-13(9)21;1-6-2-4-7(5-3-6)11(8,9)10/h5-8,10-11,14,22-23H,2-4,16H2,1H3,(H2-,17,18,19,24,25);2-5H,1H3,(H,8,9,10)/t7-,8-,10+,11+,14+,27?;/m0./s1. The fourth-order valence-corrected chi connectivity index (χ4v) is 5.80. The van der Waals surface area contributed by atoms with Crippen LogP contribution in [0.25, 0.3) is 11.2 Å². The topological polar surface area (TPSA) is 240 Å². The van der Waals surface area contributed by atoms with Crippen LogP contribution in [0.4, 0.5) is 5.82 Å². The van der Waals surface area contributed by atoms with Crippen molar-refractivity contribution in [2.75, 3.05) is 23.5 Å². The number of benzene rings is 1. The molecule has 0 spiro atoms. The number of imidazole rings is 1. The molecule has 6 atom stereocenters. The molecule has 0 amide bonds. The van der Waals surface area contributed by atoms with Crippen molar-refractivity contribution in [2.24, 2.45) is 5.73 Å². The van der Waals surface area contributed by atoms with Crippen molar-refractivity contribution >= 4 is 44.0 Å². The number of nitrogens with two attached hydrogens (primary N) is 2. The molecule has 1 fully saturated rings. The molecule has 1 aromatic carbocycles. The van der Waals surface area contributed by atoms with Gasteiger partial charge in [-0.1, -0.05) is 17.7 Å². The van der Waals surface area contributed by atoms with E-state index >= 15 is 0 Å². The van der Waals surface area contributed by atoms with E-state index in [4.69, 9.17) is 21.3 Å². The number of carboxylic acid groups (broad SMARTS) is 1. The van der Waals surface area contributed by atoms with Gasteiger partial charge in [-0.15, -0.1) is 0 Å². The first-order chi connectivity index (χ1) is 17.8. The first-order valence-corrected chi connectivity index (χ1v) is 14.7. The van der Waals surface area contributed by atoms with Crippen molar-refractivity contribution in [1.82, 2.24) is 19.5 Å². The van der Waals surface area contributed by atoms with Crippen molar-refractivity contribution in [3.05, 3.63) is 42.5 Å². The number of hydrogen-bond acceptors (Lipinski definition) is 12. The van der Waals surface area contributed by atoms with E-state index in [2.05, 4.69) is 15.0 Å². The molecule has 16 heteroatoms. The van der Waals surface area contributed by atoms with Crippen LogP contribution in [0.3, 0.4) is 0 Å². The minimum atomic E-state index is -4.27. The highest BCUT2D eigenvalue weighted by atomic mass is 32.2. The first-order valence-electron chi connectivity index (χ1n) is 11.3. The fraction of sp³-hybridized carbons (Fsp3) is 0.455. The van der Waals surface area contributed by atoms with Crippen LogP contribution in [0.2, 0.25) is 0 Å². The highest BCUT2D eigenvalue weighted by Crippen LogP contribution is 2.32. The average Bonchev–Trinajstić information content (AvgIpc) is 3.40. The number of hydrogen-bond donors (Lipinski definition) is 5. The van der Waals surface area contributed by atoms with Crippen LogP contribution in [-0.2, 0) is 30.5 Å². The molecule has 208 valence electrons. The molecule has 1 aliphatic heterocycles. The highest BCUT2D eigenvalue weighted by molar-refractivity contribution is 7.96. The summed E-state index contributed by atoms with van der Waals surface area (Å²) in [6, 6.07) is 4.88. The summed E-state index contributed by atoms with van der Waals surface area (Å²) in [6.07, 6.45) is 1.31. The maximum atomic E-state index is 10.8. The van der Waals surface area contributed by atoms with Gasteiger partial charge in [0.15, 0.2) is 17.7 Å². The zero-order valence-corrected chi connectivity index (χ0v) is 22.2. The van der Waals surface area contributed by atoms with E-state index in [0.29, 0.717) is 29.1 Å². The Kier molecular flexibility index (Phi) is 9.64. The lowest BCUT2D eigenvalue weighted by molar-refractivity contribution is -0.138. The number of carboxylic acids is 1. The lowest BCUT2D eigenvalue weighted by atomic mass is 10.1. The Hall–Kier alpha value is -2.86. The highest BCUT2D eigenvalue weighted by Gasteiger charge is 2.46. The van der Waals surface area contributed by atoms with E-state index in [1.165, 1.54) is 29.4 Å². The van der Waals surface area contributed by atoms with Crippen LogP contribution in [-0.4, -0.2) is 95.9 Å². The van der Waals surface area contributed by atoms with Crippen molar-refractivity contribution in [1.29, 1.82) is 0 Å². The van der Waals surface area contributed by atoms with E-state index in [-0.39, 0.29) is 21.6 Å². The van der Waals surface area contributed by atoms with E-state index in [1.54, 1.807) is 12.1 Å². The molecule has 14 nitrogen and oxygen atoms in total. The minimum absolute atomic E-state index is 0.178. The number of nitrogen functional groups attached to an aromatic ring is 1. The quantitative estimate of drug-likeness (QED) is 0.161. The SMILES string of the molecule is C[S+](CC[C@H](N)C(=O)O)C[C@@H]1O[C@@H](n2cnc3c(N)ncnc32)[C@H](O)[C@@H]1O.Cc1ccc(S(=O)(=O)[O-])cc1. The van der Waals surface area contributed by atoms with E-state index in [0.717, 1.165) is 5.56 Å². The second-order valence-corrected chi connectivity index (χ2v) is 12.5. The zero-order valence-electron chi connectivity index (χ0n) is 20.6. The number of rotatable bonds is 8. The Bertz CT molecular complexity index is 1350. The molecule has 1 unspecified atom stereocenters. The monoisotopic (exact) mass is 570 g/mol. The molecule has 4 rings (SSSR count). The van der Waals surface area contributed by atoms with Crippen LogP contribution >= 0.6 is 0 Å². The van der Waals surface area contributed by atoms with Gasteiger partial charge in [-0.2, -0.15) is 0 Å². The predicted molar refractivity (Wildman–Crippen MR) is 138 cm³/mol. The number of aliphatic carboxylic acids is 1. The van der Waals surface area contributed by atoms with Crippen LogP contribution in [0.1, 0.15) is 18.2 Å². The molecule has 3 heterocycles. The number of aromatic nitrogens is 4. The Morgan fingerprint density at radius 3 is 2.47 bits per heavy atom. The second kappa shape index (κ2) is 12.3. The number of aryl methyl sites for hydroxylation is 1. The number of aliphatic hydroxyl groups excluding tert-OH is 2. The molecule has 2 aromatic heterocycles. The summed E-state index contributed by atoms with van der Waals surface area (Å²) in [5.41, 5.74) is 13.0. The maximum absolute atomic E-state index is 10.8. The second-order valence-electron chi connectivity index (χ2n) is 8.78. The van der Waals surface area contributed by atoms with Gasteiger partial charge in [0.05, 0.1) is 17.5 Å². The molecule has 7 N–H and O–H groups in total. The van der Waals surface area contributed by atoms with Crippen molar-refractivity contribution in [3.8, 4) is 0 Å². The molecule has 0 radical (unpaired) electrons.